The van der Waals surface area contributed by atoms with E-state index in [1.165, 1.54) is 0 Å². The smallest absolute Gasteiger partial charge is 0.184 e. The lowest BCUT2D eigenvalue weighted by molar-refractivity contribution is 0.0960. The van der Waals surface area contributed by atoms with Crippen molar-refractivity contribution in [2.24, 2.45) is 5.73 Å². The van der Waals surface area contributed by atoms with Crippen LogP contribution in [0.4, 0.5) is 0 Å². The minimum atomic E-state index is -0.590. The van der Waals surface area contributed by atoms with Crippen molar-refractivity contribution in [2.45, 2.75) is 19.9 Å². The highest BCUT2D eigenvalue weighted by Gasteiger charge is 2.18. The van der Waals surface area contributed by atoms with Gasteiger partial charge in [0, 0.05) is 5.56 Å². The molecule has 2 aromatic rings. The van der Waals surface area contributed by atoms with E-state index in [4.69, 9.17) is 5.73 Å². The third-order valence-corrected chi connectivity index (χ3v) is 3.09. The number of aryl methyl sites for hydroxylation is 2. The van der Waals surface area contributed by atoms with Crippen molar-refractivity contribution in [2.75, 3.05) is 0 Å². The largest absolute Gasteiger partial charge is 0.318 e. The summed E-state index contributed by atoms with van der Waals surface area (Å²) in [6, 6.07) is 14.7. The Bertz CT molecular complexity index is 561. The van der Waals surface area contributed by atoms with Gasteiger partial charge in [-0.2, -0.15) is 0 Å². The van der Waals surface area contributed by atoms with Crippen LogP contribution in [-0.2, 0) is 0 Å². The maximum absolute atomic E-state index is 12.4. The molecule has 2 rings (SSSR count). The Morgan fingerprint density at radius 1 is 1.06 bits per heavy atom. The monoisotopic (exact) mass is 239 g/mol. The molecule has 0 spiro atoms. The van der Waals surface area contributed by atoms with E-state index < -0.39 is 6.04 Å². The number of benzene rings is 2. The van der Waals surface area contributed by atoms with Crippen LogP contribution in [0.2, 0.25) is 0 Å². The van der Waals surface area contributed by atoms with Gasteiger partial charge in [-0.3, -0.25) is 4.79 Å². The van der Waals surface area contributed by atoms with Crippen molar-refractivity contribution >= 4 is 5.78 Å². The quantitative estimate of drug-likeness (QED) is 0.836. The molecule has 0 fully saturated rings. The molecule has 1 atom stereocenters. The summed E-state index contributed by atoms with van der Waals surface area (Å²) in [6.45, 7) is 3.95. The van der Waals surface area contributed by atoms with Gasteiger partial charge in [0.1, 0.15) is 0 Å². The Kier molecular flexibility index (Phi) is 3.58. The zero-order valence-electron chi connectivity index (χ0n) is 10.7. The van der Waals surface area contributed by atoms with Gasteiger partial charge >= 0.3 is 0 Å². The second kappa shape index (κ2) is 5.15. The molecule has 0 aliphatic carbocycles. The summed E-state index contributed by atoms with van der Waals surface area (Å²) in [4.78, 5) is 12.4. The lowest BCUT2D eigenvalue weighted by Gasteiger charge is -2.13. The van der Waals surface area contributed by atoms with E-state index in [1.54, 1.807) is 0 Å². The van der Waals surface area contributed by atoms with E-state index >= 15 is 0 Å². The molecule has 0 aliphatic rings. The van der Waals surface area contributed by atoms with Crippen molar-refractivity contribution in [1.29, 1.82) is 0 Å². The van der Waals surface area contributed by atoms with E-state index in [0.29, 0.717) is 5.56 Å². The van der Waals surface area contributed by atoms with Gasteiger partial charge in [0.2, 0.25) is 0 Å². The molecular formula is C16H17NO. The average molecular weight is 239 g/mol. The standard InChI is InChI=1S/C16H17NO/c1-11-8-9-14(12(2)10-11)16(18)15(17)13-6-4-3-5-7-13/h3-10,15H,17H2,1-2H3. The van der Waals surface area contributed by atoms with Crippen LogP contribution in [0, 0.1) is 13.8 Å². The second-order valence-electron chi connectivity index (χ2n) is 4.57. The first-order chi connectivity index (χ1) is 8.59. The van der Waals surface area contributed by atoms with E-state index in [1.807, 2.05) is 62.4 Å². The van der Waals surface area contributed by atoms with E-state index in [9.17, 15) is 4.79 Å². The molecule has 0 radical (unpaired) electrons. The molecule has 18 heavy (non-hydrogen) atoms. The summed E-state index contributed by atoms with van der Waals surface area (Å²) in [6.07, 6.45) is 0. The van der Waals surface area contributed by atoms with Crippen LogP contribution in [0.25, 0.3) is 0 Å². The third kappa shape index (κ3) is 2.49. The number of carbonyl (C=O) groups is 1. The van der Waals surface area contributed by atoms with Crippen LogP contribution in [0.5, 0.6) is 0 Å². The molecule has 2 heteroatoms. The Labute approximate surface area is 107 Å². The predicted molar refractivity (Wildman–Crippen MR) is 73.6 cm³/mol. The summed E-state index contributed by atoms with van der Waals surface area (Å²) in [5.74, 6) is -0.0290. The van der Waals surface area contributed by atoms with Crippen molar-refractivity contribution in [3.63, 3.8) is 0 Å². The summed E-state index contributed by atoms with van der Waals surface area (Å²) in [7, 11) is 0. The third-order valence-electron chi connectivity index (χ3n) is 3.09. The summed E-state index contributed by atoms with van der Waals surface area (Å²) in [5.41, 5.74) is 9.71. The van der Waals surface area contributed by atoms with Gasteiger partial charge < -0.3 is 5.73 Å². The van der Waals surface area contributed by atoms with Crippen molar-refractivity contribution in [3.8, 4) is 0 Å². The molecule has 0 bridgehead atoms. The lowest BCUT2D eigenvalue weighted by Crippen LogP contribution is -2.22. The highest BCUT2D eigenvalue weighted by molar-refractivity contribution is 6.01. The molecule has 0 aliphatic heterocycles. The Morgan fingerprint density at radius 3 is 2.33 bits per heavy atom. The van der Waals surface area contributed by atoms with E-state index in [-0.39, 0.29) is 5.78 Å². The van der Waals surface area contributed by atoms with Crippen LogP contribution in [0.1, 0.15) is 33.1 Å². The van der Waals surface area contributed by atoms with Gasteiger partial charge in [-0.15, -0.1) is 0 Å². The first-order valence-electron chi connectivity index (χ1n) is 6.01. The number of ketones is 1. The number of rotatable bonds is 3. The van der Waals surface area contributed by atoms with Crippen molar-refractivity contribution in [1.82, 2.24) is 0 Å². The molecule has 2 N–H and O–H groups in total. The van der Waals surface area contributed by atoms with Crippen molar-refractivity contribution < 1.29 is 4.79 Å². The van der Waals surface area contributed by atoms with E-state index in [2.05, 4.69) is 0 Å². The minimum Gasteiger partial charge on any atom is -0.318 e. The van der Waals surface area contributed by atoms with E-state index in [0.717, 1.165) is 16.7 Å². The van der Waals surface area contributed by atoms with Gasteiger partial charge in [-0.25, -0.2) is 0 Å². The predicted octanol–water partition coefficient (Wildman–Crippen LogP) is 3.19. The number of carbonyl (C=O) groups excluding carboxylic acids is 1. The molecule has 0 aromatic heterocycles. The summed E-state index contributed by atoms with van der Waals surface area (Å²) >= 11 is 0. The van der Waals surface area contributed by atoms with Crippen molar-refractivity contribution in [3.05, 3.63) is 70.8 Å². The lowest BCUT2D eigenvalue weighted by atomic mass is 9.94. The van der Waals surface area contributed by atoms with Gasteiger partial charge in [-0.05, 0) is 25.0 Å². The number of nitrogens with two attached hydrogens (primary N) is 1. The first kappa shape index (κ1) is 12.5. The van der Waals surface area contributed by atoms with Crippen LogP contribution in [0.3, 0.4) is 0 Å². The molecule has 1 unspecified atom stereocenters. The fourth-order valence-corrected chi connectivity index (χ4v) is 2.07. The number of hydrogen-bond acceptors (Lipinski definition) is 2. The zero-order chi connectivity index (χ0) is 13.1. The normalized spacial score (nSPS) is 12.2. The SMILES string of the molecule is Cc1ccc(C(=O)C(N)c2ccccc2)c(C)c1. The zero-order valence-corrected chi connectivity index (χ0v) is 10.7. The van der Waals surface area contributed by atoms with Gasteiger partial charge in [0.15, 0.2) is 5.78 Å². The van der Waals surface area contributed by atoms with Gasteiger partial charge in [-0.1, -0.05) is 54.1 Å². The van der Waals surface area contributed by atoms with Gasteiger partial charge in [0.05, 0.1) is 6.04 Å². The number of hydrogen-bond donors (Lipinski definition) is 1. The fourth-order valence-electron chi connectivity index (χ4n) is 2.07. The highest BCUT2D eigenvalue weighted by atomic mass is 16.1. The average Bonchev–Trinajstić information content (AvgIpc) is 2.38. The second-order valence-corrected chi connectivity index (χ2v) is 4.57. The number of Topliss-reactive ketones (excluding diaryl/α,β-unsaturated/α-hetero) is 1. The molecule has 0 saturated carbocycles. The summed E-state index contributed by atoms with van der Waals surface area (Å²) in [5, 5.41) is 0. The van der Waals surface area contributed by atoms with Crippen LogP contribution in [-0.4, -0.2) is 5.78 Å². The maximum atomic E-state index is 12.4. The van der Waals surface area contributed by atoms with Crippen LogP contribution >= 0.6 is 0 Å². The Morgan fingerprint density at radius 2 is 1.72 bits per heavy atom. The van der Waals surface area contributed by atoms with Crippen LogP contribution in [0.15, 0.2) is 48.5 Å². The molecule has 0 heterocycles. The van der Waals surface area contributed by atoms with Crippen LogP contribution < -0.4 is 5.73 Å². The maximum Gasteiger partial charge on any atom is 0.184 e. The molecule has 2 aromatic carbocycles. The minimum absolute atomic E-state index is 0.0290. The Hall–Kier alpha value is -1.93. The highest BCUT2D eigenvalue weighted by Crippen LogP contribution is 2.19. The fraction of sp³-hybridized carbons (Fsp3) is 0.188. The molecular weight excluding hydrogens is 222 g/mol. The molecule has 2 nitrogen and oxygen atoms in total. The van der Waals surface area contributed by atoms with Gasteiger partial charge in [0.25, 0.3) is 0 Å². The topological polar surface area (TPSA) is 43.1 Å². The molecule has 0 saturated heterocycles. The Balaban J connectivity index is 2.32. The summed E-state index contributed by atoms with van der Waals surface area (Å²) < 4.78 is 0. The first-order valence-corrected chi connectivity index (χ1v) is 6.01. The molecule has 0 amide bonds. The molecule has 92 valence electrons.